The maximum Gasteiger partial charge on any atom is 0.411 e. The lowest BCUT2D eigenvalue weighted by Crippen LogP contribution is -2.17. The highest BCUT2D eigenvalue weighted by Crippen LogP contribution is 2.28. The first-order chi connectivity index (χ1) is 16.4. The van der Waals surface area contributed by atoms with Gasteiger partial charge in [0, 0.05) is 36.7 Å². The number of aromatic amines is 1. The number of benzene rings is 1. The van der Waals surface area contributed by atoms with E-state index in [9.17, 15) is 13.2 Å². The van der Waals surface area contributed by atoms with Crippen molar-refractivity contribution < 1.29 is 22.6 Å². The number of thioether (sulfide) groups is 2. The highest BCUT2D eigenvalue weighted by atomic mass is 32.2. The summed E-state index contributed by atoms with van der Waals surface area (Å²) < 4.78 is 46.0. The summed E-state index contributed by atoms with van der Waals surface area (Å²) in [6.07, 6.45) is 0.882. The van der Waals surface area contributed by atoms with E-state index in [-0.39, 0.29) is 6.61 Å². The van der Waals surface area contributed by atoms with Crippen LogP contribution in [0, 0.1) is 6.92 Å². The molecule has 0 aliphatic rings. The van der Waals surface area contributed by atoms with Gasteiger partial charge in [-0.25, -0.2) is 4.98 Å². The van der Waals surface area contributed by atoms with Gasteiger partial charge >= 0.3 is 6.18 Å². The van der Waals surface area contributed by atoms with E-state index in [0.717, 1.165) is 46.2 Å². The van der Waals surface area contributed by atoms with Crippen LogP contribution in [0.5, 0.6) is 0 Å². The van der Waals surface area contributed by atoms with Crippen molar-refractivity contribution in [3.8, 4) is 0 Å². The Morgan fingerprint density at radius 1 is 0.941 bits per heavy atom. The summed E-state index contributed by atoms with van der Waals surface area (Å²) in [5.41, 5.74) is 4.29. The van der Waals surface area contributed by atoms with Gasteiger partial charge in [0.2, 0.25) is 0 Å². The van der Waals surface area contributed by atoms with Crippen molar-refractivity contribution in [1.82, 2.24) is 15.0 Å². The number of nitrogens with one attached hydrogen (secondary N) is 1. The first kappa shape index (κ1) is 26.8. The summed E-state index contributed by atoms with van der Waals surface area (Å²) in [5, 5.41) is 0.897. The second-order valence-corrected chi connectivity index (χ2v) is 9.87. The standard InChI is InChI=1S/C24H30F3N3O2S2/c1-18-21(16-34-23-29-19-8-2-3-9-20(19)30-23)28-11-10-22(18)33-15-7-6-13-31-12-4-5-14-32-17-24(25,26)27/h2-3,8-11H,4-7,12-17H2,1H3,(H,29,30). The third-order valence-corrected chi connectivity index (χ3v) is 7.14. The Kier molecular flexibility index (Phi) is 11.0. The number of ether oxygens (including phenoxy) is 2. The van der Waals surface area contributed by atoms with Crippen molar-refractivity contribution in [2.75, 3.05) is 32.2 Å². The van der Waals surface area contributed by atoms with Crippen LogP contribution in [0.15, 0.2) is 46.6 Å². The Labute approximate surface area is 206 Å². The van der Waals surface area contributed by atoms with Gasteiger partial charge in [-0.1, -0.05) is 23.9 Å². The average molecular weight is 514 g/mol. The van der Waals surface area contributed by atoms with Gasteiger partial charge in [0.05, 0.1) is 16.7 Å². The molecule has 0 bridgehead atoms. The zero-order valence-electron chi connectivity index (χ0n) is 19.2. The highest BCUT2D eigenvalue weighted by molar-refractivity contribution is 7.99. The lowest BCUT2D eigenvalue weighted by molar-refractivity contribution is -0.174. The Hall–Kier alpha value is -1.75. The van der Waals surface area contributed by atoms with Crippen LogP contribution in [-0.4, -0.2) is 53.3 Å². The van der Waals surface area contributed by atoms with E-state index in [2.05, 4.69) is 32.7 Å². The Bertz CT molecular complexity index is 982. The second-order valence-electron chi connectivity index (χ2n) is 7.77. The SMILES string of the molecule is Cc1c(SCCCCOCCCCOCC(F)(F)F)ccnc1CSc1nc2ccccc2[nH]1. The van der Waals surface area contributed by atoms with Gasteiger partial charge in [0.25, 0.3) is 0 Å². The molecule has 0 amide bonds. The van der Waals surface area contributed by atoms with Gasteiger partial charge < -0.3 is 14.5 Å². The fraction of sp³-hybridized carbons (Fsp3) is 0.500. The third-order valence-electron chi connectivity index (χ3n) is 5.01. The molecule has 1 aromatic carbocycles. The molecule has 5 nitrogen and oxygen atoms in total. The topological polar surface area (TPSA) is 60.0 Å². The number of pyridine rings is 1. The van der Waals surface area contributed by atoms with E-state index in [1.807, 2.05) is 42.2 Å². The van der Waals surface area contributed by atoms with Crippen LogP contribution in [0.2, 0.25) is 0 Å². The Morgan fingerprint density at radius 3 is 2.44 bits per heavy atom. The maximum absolute atomic E-state index is 12.0. The van der Waals surface area contributed by atoms with Gasteiger partial charge in [0.15, 0.2) is 5.16 Å². The zero-order valence-corrected chi connectivity index (χ0v) is 20.8. The van der Waals surface area contributed by atoms with Crippen LogP contribution in [-0.2, 0) is 15.2 Å². The molecule has 0 radical (unpaired) electrons. The van der Waals surface area contributed by atoms with Crippen molar-refractivity contribution in [3.63, 3.8) is 0 Å². The van der Waals surface area contributed by atoms with Crippen LogP contribution in [0.25, 0.3) is 11.0 Å². The number of unbranched alkanes of at least 4 members (excludes halogenated alkanes) is 2. The molecule has 0 saturated heterocycles. The normalized spacial score (nSPS) is 12.0. The summed E-state index contributed by atoms with van der Waals surface area (Å²) in [7, 11) is 0. The average Bonchev–Trinajstić information content (AvgIpc) is 3.22. The van der Waals surface area contributed by atoms with Crippen LogP contribution < -0.4 is 0 Å². The van der Waals surface area contributed by atoms with Crippen LogP contribution >= 0.6 is 23.5 Å². The summed E-state index contributed by atoms with van der Waals surface area (Å²) in [6, 6.07) is 10.1. The van der Waals surface area contributed by atoms with E-state index >= 15 is 0 Å². The van der Waals surface area contributed by atoms with E-state index in [4.69, 9.17) is 4.74 Å². The maximum atomic E-state index is 12.0. The fourth-order valence-corrected chi connectivity index (χ4v) is 5.15. The molecule has 0 spiro atoms. The third kappa shape index (κ3) is 9.48. The van der Waals surface area contributed by atoms with Crippen molar-refractivity contribution in [2.45, 2.75) is 54.6 Å². The lowest BCUT2D eigenvalue weighted by Gasteiger charge is -2.10. The smallest absolute Gasteiger partial charge is 0.381 e. The first-order valence-electron chi connectivity index (χ1n) is 11.3. The number of nitrogens with zero attached hydrogens (tertiary/aromatic N) is 2. The molecule has 10 heteroatoms. The lowest BCUT2D eigenvalue weighted by atomic mass is 10.2. The first-order valence-corrected chi connectivity index (χ1v) is 13.3. The number of halogens is 3. The van der Waals surface area contributed by atoms with E-state index in [0.29, 0.717) is 26.1 Å². The minimum absolute atomic E-state index is 0.115. The highest BCUT2D eigenvalue weighted by Gasteiger charge is 2.27. The number of rotatable bonds is 15. The minimum atomic E-state index is -4.25. The van der Waals surface area contributed by atoms with Gasteiger partial charge in [0.1, 0.15) is 6.61 Å². The van der Waals surface area contributed by atoms with Crippen molar-refractivity contribution in [3.05, 3.63) is 47.8 Å². The minimum Gasteiger partial charge on any atom is -0.381 e. The summed E-state index contributed by atoms with van der Waals surface area (Å²) >= 11 is 3.49. The molecule has 34 heavy (non-hydrogen) atoms. The molecule has 0 aliphatic heterocycles. The molecule has 0 aliphatic carbocycles. The number of para-hydroxylation sites is 2. The second kappa shape index (κ2) is 14.0. The van der Waals surface area contributed by atoms with E-state index < -0.39 is 12.8 Å². The molecule has 3 aromatic rings. The predicted octanol–water partition coefficient (Wildman–Crippen LogP) is 6.81. The number of fused-ring (bicyclic) bond motifs is 1. The molecule has 186 valence electrons. The number of aromatic nitrogens is 3. The van der Waals surface area contributed by atoms with Gasteiger partial charge in [-0.05, 0) is 62.1 Å². The van der Waals surface area contributed by atoms with Crippen molar-refractivity contribution >= 4 is 34.6 Å². The molecule has 3 rings (SSSR count). The van der Waals surface area contributed by atoms with Crippen LogP contribution in [0.1, 0.15) is 36.9 Å². The molecule has 0 unspecified atom stereocenters. The molecule has 0 saturated carbocycles. The monoisotopic (exact) mass is 513 g/mol. The molecule has 0 atom stereocenters. The quantitative estimate of drug-likeness (QED) is 0.178. The summed E-state index contributed by atoms with van der Waals surface area (Å²) in [6.45, 7) is 2.27. The predicted molar refractivity (Wildman–Crippen MR) is 132 cm³/mol. The van der Waals surface area contributed by atoms with Crippen molar-refractivity contribution in [2.24, 2.45) is 0 Å². The summed E-state index contributed by atoms with van der Waals surface area (Å²) in [4.78, 5) is 13.8. The number of hydrogen-bond acceptors (Lipinski definition) is 6. The van der Waals surface area contributed by atoms with Crippen LogP contribution in [0.4, 0.5) is 13.2 Å². The molecular weight excluding hydrogens is 483 g/mol. The van der Waals surface area contributed by atoms with Gasteiger partial charge in [-0.2, -0.15) is 13.2 Å². The molecule has 0 fully saturated rings. The van der Waals surface area contributed by atoms with Gasteiger partial charge in [-0.15, -0.1) is 11.8 Å². The number of H-pyrrole nitrogens is 1. The number of imidazole rings is 1. The Morgan fingerprint density at radius 2 is 1.68 bits per heavy atom. The largest absolute Gasteiger partial charge is 0.411 e. The number of hydrogen-bond donors (Lipinski definition) is 1. The molecule has 1 N–H and O–H groups in total. The molecule has 2 aromatic heterocycles. The van der Waals surface area contributed by atoms with E-state index in [1.54, 1.807) is 11.8 Å². The zero-order chi connectivity index (χ0) is 24.2. The molecular formula is C24H30F3N3O2S2. The summed E-state index contributed by atoms with van der Waals surface area (Å²) in [5.74, 6) is 1.75. The number of alkyl halides is 3. The van der Waals surface area contributed by atoms with Crippen molar-refractivity contribution in [1.29, 1.82) is 0 Å². The van der Waals surface area contributed by atoms with Gasteiger partial charge in [-0.3, -0.25) is 4.98 Å². The molecule has 2 heterocycles. The fourth-order valence-electron chi connectivity index (χ4n) is 3.18. The Balaban J connectivity index is 1.27. The van der Waals surface area contributed by atoms with E-state index in [1.165, 1.54) is 10.5 Å². The van der Waals surface area contributed by atoms with Crippen LogP contribution in [0.3, 0.4) is 0 Å².